The average Bonchev–Trinajstić information content (AvgIpc) is 2.80. The molecule has 0 aromatic carbocycles. The minimum Gasteiger partial charge on any atom is -0.353 e. The van der Waals surface area contributed by atoms with Crippen LogP contribution >= 0.6 is 0 Å². The number of nitrogens with zero attached hydrogens (tertiary/aromatic N) is 1. The number of hydrogen-bond acceptors (Lipinski definition) is 3. The molecular weight excluding hydrogens is 266 g/mol. The summed E-state index contributed by atoms with van der Waals surface area (Å²) in [6.07, 6.45) is 4.54. The van der Waals surface area contributed by atoms with Gasteiger partial charge in [0, 0.05) is 31.1 Å². The number of rotatable bonds is 3. The highest BCUT2D eigenvalue weighted by Gasteiger charge is 2.43. The van der Waals surface area contributed by atoms with Gasteiger partial charge in [-0.1, -0.05) is 20.3 Å². The van der Waals surface area contributed by atoms with Crippen LogP contribution in [0.15, 0.2) is 0 Å². The quantitative estimate of drug-likeness (QED) is 0.823. The standard InChI is InChI=1S/C16H29N3O2/c1-11(2)14(20)19-9-6-12(7-10-19)18-15(21)16(3)8-4-5-13(16)17/h11-13H,4-10,17H2,1-3H3,(H,18,21). The van der Waals surface area contributed by atoms with Crippen LogP contribution in [0, 0.1) is 11.3 Å². The molecule has 0 aromatic rings. The van der Waals surface area contributed by atoms with Crippen LogP contribution in [0.4, 0.5) is 0 Å². The second kappa shape index (κ2) is 6.34. The number of likely N-dealkylation sites (tertiary alicyclic amines) is 1. The first-order chi connectivity index (χ1) is 9.84. The Labute approximate surface area is 127 Å². The summed E-state index contributed by atoms with van der Waals surface area (Å²) >= 11 is 0. The van der Waals surface area contributed by atoms with Crippen LogP contribution in [0.3, 0.4) is 0 Å². The Kier molecular flexibility index (Phi) is 4.91. The van der Waals surface area contributed by atoms with E-state index in [1.54, 1.807) is 0 Å². The number of piperidine rings is 1. The second-order valence-electron chi connectivity index (χ2n) is 7.14. The minimum atomic E-state index is -0.412. The zero-order chi connectivity index (χ0) is 15.6. The molecule has 2 atom stereocenters. The Bertz CT molecular complexity index is 402. The number of carbonyl (C=O) groups is 2. The largest absolute Gasteiger partial charge is 0.353 e. The fourth-order valence-electron chi connectivity index (χ4n) is 3.43. The number of nitrogens with two attached hydrogens (primary N) is 1. The van der Waals surface area contributed by atoms with E-state index in [-0.39, 0.29) is 29.8 Å². The molecule has 120 valence electrons. The number of amides is 2. The van der Waals surface area contributed by atoms with E-state index in [9.17, 15) is 9.59 Å². The molecular formula is C16H29N3O2. The van der Waals surface area contributed by atoms with Crippen molar-refractivity contribution in [2.75, 3.05) is 13.1 Å². The fourth-order valence-corrected chi connectivity index (χ4v) is 3.43. The third-order valence-electron chi connectivity index (χ3n) is 5.18. The lowest BCUT2D eigenvalue weighted by atomic mass is 9.83. The first-order valence-corrected chi connectivity index (χ1v) is 8.20. The maximum Gasteiger partial charge on any atom is 0.227 e. The highest BCUT2D eigenvalue weighted by molar-refractivity contribution is 5.83. The first-order valence-electron chi connectivity index (χ1n) is 8.20. The van der Waals surface area contributed by atoms with Crippen LogP contribution < -0.4 is 11.1 Å². The maximum absolute atomic E-state index is 12.5. The molecule has 0 spiro atoms. The summed E-state index contributed by atoms with van der Waals surface area (Å²) < 4.78 is 0. The molecule has 3 N–H and O–H groups in total. The van der Waals surface area contributed by atoms with Crippen molar-refractivity contribution < 1.29 is 9.59 Å². The molecule has 1 saturated carbocycles. The van der Waals surface area contributed by atoms with Crippen LogP contribution in [0.25, 0.3) is 0 Å². The van der Waals surface area contributed by atoms with Crippen molar-refractivity contribution in [1.29, 1.82) is 0 Å². The van der Waals surface area contributed by atoms with Gasteiger partial charge in [-0.2, -0.15) is 0 Å². The molecule has 0 radical (unpaired) electrons. The van der Waals surface area contributed by atoms with Crippen molar-refractivity contribution in [3.05, 3.63) is 0 Å². The van der Waals surface area contributed by atoms with E-state index in [0.717, 1.165) is 45.2 Å². The van der Waals surface area contributed by atoms with E-state index in [1.807, 2.05) is 25.7 Å². The lowest BCUT2D eigenvalue weighted by molar-refractivity contribution is -0.136. The monoisotopic (exact) mass is 295 g/mol. The van der Waals surface area contributed by atoms with Gasteiger partial charge in [-0.05, 0) is 32.6 Å². The molecule has 1 saturated heterocycles. The Balaban J connectivity index is 1.84. The van der Waals surface area contributed by atoms with Gasteiger partial charge in [-0.15, -0.1) is 0 Å². The number of carbonyl (C=O) groups excluding carboxylic acids is 2. The third-order valence-corrected chi connectivity index (χ3v) is 5.18. The molecule has 2 aliphatic rings. The zero-order valence-electron chi connectivity index (χ0n) is 13.5. The summed E-state index contributed by atoms with van der Waals surface area (Å²) in [6, 6.07) is 0.151. The summed E-state index contributed by atoms with van der Waals surface area (Å²) in [6.45, 7) is 7.32. The predicted molar refractivity (Wildman–Crippen MR) is 82.5 cm³/mol. The Morgan fingerprint density at radius 1 is 1.24 bits per heavy atom. The molecule has 2 rings (SSSR count). The highest BCUT2D eigenvalue weighted by atomic mass is 16.2. The lowest BCUT2D eigenvalue weighted by Crippen LogP contribution is -2.53. The maximum atomic E-state index is 12.5. The van der Waals surface area contributed by atoms with Gasteiger partial charge in [-0.25, -0.2) is 0 Å². The van der Waals surface area contributed by atoms with Gasteiger partial charge in [0.25, 0.3) is 0 Å². The molecule has 1 heterocycles. The molecule has 5 nitrogen and oxygen atoms in total. The van der Waals surface area contributed by atoms with E-state index in [2.05, 4.69) is 5.32 Å². The van der Waals surface area contributed by atoms with E-state index in [1.165, 1.54) is 0 Å². The van der Waals surface area contributed by atoms with Crippen LogP contribution in [0.2, 0.25) is 0 Å². The lowest BCUT2D eigenvalue weighted by Gasteiger charge is -2.36. The van der Waals surface area contributed by atoms with E-state index in [0.29, 0.717) is 0 Å². The van der Waals surface area contributed by atoms with Crippen molar-refractivity contribution in [1.82, 2.24) is 10.2 Å². The average molecular weight is 295 g/mol. The van der Waals surface area contributed by atoms with Gasteiger partial charge in [0.05, 0.1) is 5.41 Å². The van der Waals surface area contributed by atoms with Crippen molar-refractivity contribution in [3.63, 3.8) is 0 Å². The van der Waals surface area contributed by atoms with Crippen LogP contribution in [-0.2, 0) is 9.59 Å². The molecule has 21 heavy (non-hydrogen) atoms. The summed E-state index contributed by atoms with van der Waals surface area (Å²) in [5, 5.41) is 3.16. The molecule has 2 unspecified atom stereocenters. The van der Waals surface area contributed by atoms with Gasteiger partial charge in [-0.3, -0.25) is 9.59 Å². The van der Waals surface area contributed by atoms with E-state index < -0.39 is 5.41 Å². The minimum absolute atomic E-state index is 0.0277. The predicted octanol–water partition coefficient (Wildman–Crippen LogP) is 1.27. The number of hydrogen-bond donors (Lipinski definition) is 2. The highest BCUT2D eigenvalue weighted by Crippen LogP contribution is 2.37. The van der Waals surface area contributed by atoms with Crippen molar-refractivity contribution >= 4 is 11.8 Å². The Morgan fingerprint density at radius 2 is 1.86 bits per heavy atom. The zero-order valence-corrected chi connectivity index (χ0v) is 13.5. The number of nitrogens with one attached hydrogen (secondary N) is 1. The third kappa shape index (κ3) is 3.39. The van der Waals surface area contributed by atoms with E-state index >= 15 is 0 Å². The second-order valence-corrected chi connectivity index (χ2v) is 7.14. The normalized spacial score (nSPS) is 30.7. The van der Waals surface area contributed by atoms with Gasteiger partial charge >= 0.3 is 0 Å². The summed E-state index contributed by atoms with van der Waals surface area (Å²) in [7, 11) is 0. The van der Waals surface area contributed by atoms with Crippen molar-refractivity contribution in [2.45, 2.75) is 65.0 Å². The van der Waals surface area contributed by atoms with Crippen LogP contribution in [0.1, 0.15) is 52.9 Å². The summed E-state index contributed by atoms with van der Waals surface area (Å²) in [5.41, 5.74) is 5.69. The molecule has 1 aliphatic heterocycles. The molecule has 0 bridgehead atoms. The van der Waals surface area contributed by atoms with Crippen LogP contribution in [-0.4, -0.2) is 41.9 Å². The summed E-state index contributed by atoms with van der Waals surface area (Å²) in [4.78, 5) is 26.4. The Hall–Kier alpha value is -1.10. The Morgan fingerprint density at radius 3 is 2.33 bits per heavy atom. The molecule has 2 amide bonds. The van der Waals surface area contributed by atoms with Gasteiger partial charge in [0.15, 0.2) is 0 Å². The van der Waals surface area contributed by atoms with E-state index in [4.69, 9.17) is 5.73 Å². The van der Waals surface area contributed by atoms with Gasteiger partial charge < -0.3 is 16.0 Å². The van der Waals surface area contributed by atoms with Gasteiger partial charge in [0.1, 0.15) is 0 Å². The molecule has 5 heteroatoms. The molecule has 2 fully saturated rings. The first kappa shape index (κ1) is 16.3. The van der Waals surface area contributed by atoms with Crippen LogP contribution in [0.5, 0.6) is 0 Å². The fraction of sp³-hybridized carbons (Fsp3) is 0.875. The molecule has 1 aliphatic carbocycles. The van der Waals surface area contributed by atoms with Crippen molar-refractivity contribution in [3.8, 4) is 0 Å². The summed E-state index contributed by atoms with van der Waals surface area (Å²) in [5.74, 6) is 0.359. The molecule has 0 aromatic heterocycles. The SMILES string of the molecule is CC(C)C(=O)N1CCC(NC(=O)C2(C)CCCC2N)CC1. The smallest absolute Gasteiger partial charge is 0.227 e. The van der Waals surface area contributed by atoms with Crippen molar-refractivity contribution in [2.24, 2.45) is 17.1 Å². The van der Waals surface area contributed by atoms with Gasteiger partial charge in [0.2, 0.25) is 11.8 Å². The topological polar surface area (TPSA) is 75.4 Å².